The number of aromatic amines is 1. The molecule has 0 saturated carbocycles. The molecule has 1 unspecified atom stereocenters. The van der Waals surface area contributed by atoms with Crippen molar-refractivity contribution in [3.05, 3.63) is 17.5 Å². The molecule has 0 bridgehead atoms. The maximum absolute atomic E-state index is 9.48. The summed E-state index contributed by atoms with van der Waals surface area (Å²) in [5, 5.41) is 16.8. The number of piperidine rings is 1. The van der Waals surface area contributed by atoms with Crippen molar-refractivity contribution in [2.75, 3.05) is 19.7 Å². The summed E-state index contributed by atoms with van der Waals surface area (Å²) < 4.78 is 0. The Labute approximate surface area is 108 Å². The summed E-state index contributed by atoms with van der Waals surface area (Å²) in [7, 11) is 0. The van der Waals surface area contributed by atoms with E-state index in [0.29, 0.717) is 24.5 Å². The number of hydrogen-bond donors (Lipinski definition) is 2. The Morgan fingerprint density at radius 2 is 2.39 bits per heavy atom. The van der Waals surface area contributed by atoms with Gasteiger partial charge in [0, 0.05) is 24.9 Å². The highest BCUT2D eigenvalue weighted by atomic mass is 16.3. The van der Waals surface area contributed by atoms with E-state index in [9.17, 15) is 5.11 Å². The van der Waals surface area contributed by atoms with Crippen LogP contribution in [0.1, 0.15) is 31.0 Å². The van der Waals surface area contributed by atoms with Crippen LogP contribution in [0, 0.1) is 11.8 Å². The molecule has 2 N–H and O–H groups in total. The van der Waals surface area contributed by atoms with Gasteiger partial charge in [0.05, 0.1) is 6.20 Å². The quantitative estimate of drug-likeness (QED) is 0.847. The molecule has 0 amide bonds. The first-order valence-corrected chi connectivity index (χ1v) is 7.17. The van der Waals surface area contributed by atoms with Gasteiger partial charge >= 0.3 is 0 Å². The van der Waals surface area contributed by atoms with Crippen molar-refractivity contribution in [1.82, 2.24) is 15.1 Å². The SMILES string of the molecule is CCCN1C[C@H](CO)C[C@@H]2Cc3[nH]ncc3CC21. The minimum atomic E-state index is 0.333. The number of aromatic nitrogens is 2. The number of hydrogen-bond acceptors (Lipinski definition) is 3. The zero-order valence-electron chi connectivity index (χ0n) is 11.1. The molecule has 100 valence electrons. The molecule has 0 aromatic carbocycles. The summed E-state index contributed by atoms with van der Waals surface area (Å²) in [6.07, 6.45) is 6.60. The molecule has 3 atom stereocenters. The summed E-state index contributed by atoms with van der Waals surface area (Å²) in [5.74, 6) is 1.15. The highest BCUT2D eigenvalue weighted by Gasteiger charge is 2.39. The summed E-state index contributed by atoms with van der Waals surface area (Å²) in [4.78, 5) is 2.60. The average Bonchev–Trinajstić information content (AvgIpc) is 2.83. The summed E-state index contributed by atoms with van der Waals surface area (Å²) in [6.45, 7) is 4.80. The van der Waals surface area contributed by atoms with Crippen molar-refractivity contribution in [2.45, 2.75) is 38.6 Å². The topological polar surface area (TPSA) is 52.1 Å². The minimum absolute atomic E-state index is 0.333. The normalized spacial score (nSPS) is 32.0. The van der Waals surface area contributed by atoms with Gasteiger partial charge in [0.15, 0.2) is 0 Å². The lowest BCUT2D eigenvalue weighted by Gasteiger charge is -2.46. The van der Waals surface area contributed by atoms with Crippen LogP contribution in [0.3, 0.4) is 0 Å². The molecule has 1 aliphatic heterocycles. The van der Waals surface area contributed by atoms with Crippen LogP contribution in [0.15, 0.2) is 6.20 Å². The largest absolute Gasteiger partial charge is 0.396 e. The van der Waals surface area contributed by atoms with Crippen LogP contribution in [0.2, 0.25) is 0 Å². The number of nitrogens with one attached hydrogen (secondary N) is 1. The van der Waals surface area contributed by atoms with Gasteiger partial charge in [0.2, 0.25) is 0 Å². The van der Waals surface area contributed by atoms with Crippen molar-refractivity contribution in [1.29, 1.82) is 0 Å². The lowest BCUT2D eigenvalue weighted by molar-refractivity contribution is 0.0270. The van der Waals surface area contributed by atoms with Gasteiger partial charge < -0.3 is 5.11 Å². The van der Waals surface area contributed by atoms with E-state index in [-0.39, 0.29) is 0 Å². The van der Waals surface area contributed by atoms with Crippen molar-refractivity contribution in [3.8, 4) is 0 Å². The molecule has 2 aliphatic rings. The molecule has 0 radical (unpaired) electrons. The summed E-state index contributed by atoms with van der Waals surface area (Å²) in [6, 6.07) is 0.665. The summed E-state index contributed by atoms with van der Waals surface area (Å²) in [5.41, 5.74) is 2.73. The second-order valence-electron chi connectivity index (χ2n) is 5.89. The third-order valence-corrected chi connectivity index (χ3v) is 4.61. The molecule has 3 rings (SSSR count). The lowest BCUT2D eigenvalue weighted by Crippen LogP contribution is -2.52. The van der Waals surface area contributed by atoms with E-state index in [1.165, 1.54) is 24.1 Å². The second-order valence-corrected chi connectivity index (χ2v) is 5.89. The van der Waals surface area contributed by atoms with Crippen LogP contribution < -0.4 is 0 Å². The standard InChI is InChI=1S/C14H23N3O/c1-2-3-17-8-10(9-18)4-11-5-13-12(6-14(11)17)7-15-16-13/h7,10-11,14,18H,2-6,8-9H2,1H3,(H,15,16)/t10-,11-,14?/m1/s1. The van der Waals surface area contributed by atoms with Gasteiger partial charge in [0.1, 0.15) is 0 Å². The van der Waals surface area contributed by atoms with Gasteiger partial charge in [0.25, 0.3) is 0 Å². The van der Waals surface area contributed by atoms with Crippen molar-refractivity contribution >= 4 is 0 Å². The molecular weight excluding hydrogens is 226 g/mol. The molecule has 4 heteroatoms. The fourth-order valence-electron chi connectivity index (χ4n) is 3.79. The molecule has 1 aliphatic carbocycles. The van der Waals surface area contributed by atoms with Gasteiger partial charge in [-0.05, 0) is 49.6 Å². The number of nitrogens with zero attached hydrogens (tertiary/aromatic N) is 2. The molecule has 4 nitrogen and oxygen atoms in total. The van der Waals surface area contributed by atoms with Gasteiger partial charge in [-0.15, -0.1) is 0 Å². The average molecular weight is 249 g/mol. The highest BCUT2D eigenvalue weighted by molar-refractivity contribution is 5.23. The van der Waals surface area contributed by atoms with E-state index >= 15 is 0 Å². The lowest BCUT2D eigenvalue weighted by atomic mass is 9.74. The first-order valence-electron chi connectivity index (χ1n) is 7.17. The van der Waals surface area contributed by atoms with Crippen molar-refractivity contribution in [3.63, 3.8) is 0 Å². The van der Waals surface area contributed by atoms with Crippen LogP contribution in [0.25, 0.3) is 0 Å². The molecule has 18 heavy (non-hydrogen) atoms. The van der Waals surface area contributed by atoms with E-state index in [1.54, 1.807) is 0 Å². The molecule has 1 aromatic heterocycles. The van der Waals surface area contributed by atoms with Gasteiger partial charge in [-0.25, -0.2) is 0 Å². The van der Waals surface area contributed by atoms with Crippen LogP contribution >= 0.6 is 0 Å². The number of H-pyrrole nitrogens is 1. The van der Waals surface area contributed by atoms with E-state index in [1.807, 2.05) is 6.20 Å². The third-order valence-electron chi connectivity index (χ3n) is 4.61. The van der Waals surface area contributed by atoms with E-state index in [0.717, 1.165) is 25.9 Å². The number of aliphatic hydroxyl groups is 1. The number of aliphatic hydroxyl groups excluding tert-OH is 1. The zero-order valence-corrected chi connectivity index (χ0v) is 11.1. The Hall–Kier alpha value is -0.870. The molecule has 1 aromatic rings. The van der Waals surface area contributed by atoms with Gasteiger partial charge in [-0.2, -0.15) is 5.10 Å². The van der Waals surface area contributed by atoms with Crippen LogP contribution in [0.5, 0.6) is 0 Å². The van der Waals surface area contributed by atoms with E-state index < -0.39 is 0 Å². The van der Waals surface area contributed by atoms with Crippen LogP contribution in [-0.4, -0.2) is 45.9 Å². The van der Waals surface area contributed by atoms with E-state index in [4.69, 9.17) is 0 Å². The first-order chi connectivity index (χ1) is 8.81. The van der Waals surface area contributed by atoms with Gasteiger partial charge in [-0.1, -0.05) is 6.92 Å². The third kappa shape index (κ3) is 2.08. The maximum atomic E-state index is 9.48. The number of fused-ring (bicyclic) bond motifs is 2. The predicted octanol–water partition coefficient (Wildman–Crippen LogP) is 1.22. The first kappa shape index (κ1) is 12.2. The molecule has 0 spiro atoms. The number of likely N-dealkylation sites (tertiary alicyclic amines) is 1. The Morgan fingerprint density at radius 3 is 3.17 bits per heavy atom. The smallest absolute Gasteiger partial charge is 0.0522 e. The Balaban J connectivity index is 1.81. The zero-order chi connectivity index (χ0) is 12.5. The van der Waals surface area contributed by atoms with Crippen molar-refractivity contribution < 1.29 is 5.11 Å². The number of rotatable bonds is 3. The predicted molar refractivity (Wildman–Crippen MR) is 70.3 cm³/mol. The summed E-state index contributed by atoms with van der Waals surface area (Å²) >= 11 is 0. The second kappa shape index (κ2) is 5.02. The van der Waals surface area contributed by atoms with Crippen molar-refractivity contribution in [2.24, 2.45) is 11.8 Å². The molecule has 2 heterocycles. The minimum Gasteiger partial charge on any atom is -0.396 e. The maximum Gasteiger partial charge on any atom is 0.0522 e. The van der Waals surface area contributed by atoms with Crippen LogP contribution in [-0.2, 0) is 12.8 Å². The van der Waals surface area contributed by atoms with Gasteiger partial charge in [-0.3, -0.25) is 10.00 Å². The molecule has 1 saturated heterocycles. The Morgan fingerprint density at radius 1 is 1.50 bits per heavy atom. The fourth-order valence-corrected chi connectivity index (χ4v) is 3.79. The monoisotopic (exact) mass is 249 g/mol. The Kier molecular flexibility index (Phi) is 3.39. The molecular formula is C14H23N3O. The fraction of sp³-hybridized carbons (Fsp3) is 0.786. The molecule has 1 fully saturated rings. The van der Waals surface area contributed by atoms with E-state index in [2.05, 4.69) is 22.0 Å². The highest BCUT2D eigenvalue weighted by Crippen LogP contribution is 2.36. The van der Waals surface area contributed by atoms with Crippen LogP contribution in [0.4, 0.5) is 0 Å². The Bertz CT molecular complexity index is 403.